The highest BCUT2D eigenvalue weighted by atomic mass is 16.3. The van der Waals surface area contributed by atoms with Gasteiger partial charge in [-0.05, 0) is 40.0 Å². The summed E-state index contributed by atoms with van der Waals surface area (Å²) in [4.78, 5) is 33.6. The highest BCUT2D eigenvalue weighted by Gasteiger charge is 2.29. The summed E-state index contributed by atoms with van der Waals surface area (Å²) in [5, 5.41) is 8.94. The van der Waals surface area contributed by atoms with Crippen molar-refractivity contribution in [3.8, 4) is 0 Å². The molecular formula is C15H23N3O3. The maximum atomic E-state index is 12.6. The lowest BCUT2D eigenvalue weighted by atomic mass is 10.1. The third kappa shape index (κ3) is 3.50. The van der Waals surface area contributed by atoms with Crippen LogP contribution in [-0.2, 0) is 0 Å². The van der Waals surface area contributed by atoms with Crippen LogP contribution in [0.5, 0.6) is 0 Å². The summed E-state index contributed by atoms with van der Waals surface area (Å²) in [7, 11) is 0. The standard InChI is InChI=1S/C15H23N3O3/c1-9(2)18(7-4-8-19)15(21)12-10(3)16-13(11-5-6-11)17-14(12)20/h9,11,19H,4-8H2,1-3H3,(H,16,17,20). The lowest BCUT2D eigenvalue weighted by molar-refractivity contribution is 0.0690. The number of aromatic nitrogens is 2. The molecule has 1 fully saturated rings. The minimum Gasteiger partial charge on any atom is -0.396 e. The van der Waals surface area contributed by atoms with Crippen LogP contribution in [0.4, 0.5) is 0 Å². The molecule has 0 bridgehead atoms. The summed E-state index contributed by atoms with van der Waals surface area (Å²) in [6, 6.07) is -0.0361. The number of hydrogen-bond acceptors (Lipinski definition) is 4. The van der Waals surface area contributed by atoms with Crippen LogP contribution in [0.2, 0.25) is 0 Å². The first kappa shape index (κ1) is 15.7. The number of carbonyl (C=O) groups excluding carboxylic acids is 1. The molecule has 0 aliphatic heterocycles. The average Bonchev–Trinajstić information content (AvgIpc) is 3.22. The normalized spacial score (nSPS) is 14.5. The SMILES string of the molecule is Cc1nc(C2CC2)[nH]c(=O)c1C(=O)N(CCCO)C(C)C. The van der Waals surface area contributed by atoms with Gasteiger partial charge in [0, 0.05) is 25.1 Å². The third-order valence-corrected chi connectivity index (χ3v) is 3.74. The molecule has 0 spiro atoms. The van der Waals surface area contributed by atoms with Crippen molar-refractivity contribution in [1.82, 2.24) is 14.9 Å². The molecular weight excluding hydrogens is 270 g/mol. The molecule has 0 aromatic carbocycles. The largest absolute Gasteiger partial charge is 0.396 e. The predicted octanol–water partition coefficient (Wildman–Crippen LogP) is 1.19. The van der Waals surface area contributed by atoms with E-state index in [0.717, 1.165) is 12.8 Å². The van der Waals surface area contributed by atoms with E-state index in [1.807, 2.05) is 13.8 Å². The van der Waals surface area contributed by atoms with Crippen molar-refractivity contribution in [2.75, 3.05) is 13.2 Å². The Bertz CT molecular complexity index is 576. The zero-order chi connectivity index (χ0) is 15.6. The minimum atomic E-state index is -0.357. The molecule has 0 atom stereocenters. The topological polar surface area (TPSA) is 86.3 Å². The van der Waals surface area contributed by atoms with Crippen molar-refractivity contribution in [3.05, 3.63) is 27.4 Å². The minimum absolute atomic E-state index is 0.0186. The first-order valence-corrected chi connectivity index (χ1v) is 7.48. The van der Waals surface area contributed by atoms with Crippen LogP contribution < -0.4 is 5.56 Å². The molecule has 0 unspecified atom stereocenters. The first-order valence-electron chi connectivity index (χ1n) is 7.48. The van der Waals surface area contributed by atoms with Crippen LogP contribution in [0.25, 0.3) is 0 Å². The number of rotatable bonds is 6. The van der Waals surface area contributed by atoms with Gasteiger partial charge in [0.05, 0.1) is 5.69 Å². The Kier molecular flexibility index (Phi) is 4.77. The smallest absolute Gasteiger partial charge is 0.264 e. The van der Waals surface area contributed by atoms with Crippen LogP contribution in [-0.4, -0.2) is 45.1 Å². The van der Waals surface area contributed by atoms with E-state index < -0.39 is 0 Å². The molecule has 1 amide bonds. The fraction of sp³-hybridized carbons (Fsp3) is 0.667. The van der Waals surface area contributed by atoms with E-state index in [-0.39, 0.29) is 29.7 Å². The molecule has 2 N–H and O–H groups in total. The Morgan fingerprint density at radius 2 is 2.14 bits per heavy atom. The van der Waals surface area contributed by atoms with Gasteiger partial charge in [-0.15, -0.1) is 0 Å². The number of carbonyl (C=O) groups is 1. The first-order chi connectivity index (χ1) is 9.95. The Hall–Kier alpha value is -1.69. The van der Waals surface area contributed by atoms with Gasteiger partial charge in [-0.3, -0.25) is 9.59 Å². The number of aliphatic hydroxyl groups excluding tert-OH is 1. The highest BCUT2D eigenvalue weighted by Crippen LogP contribution is 2.37. The number of nitrogens with one attached hydrogen (secondary N) is 1. The van der Waals surface area contributed by atoms with Crippen LogP contribution in [0.15, 0.2) is 4.79 Å². The number of aromatic amines is 1. The van der Waals surface area contributed by atoms with E-state index in [0.29, 0.717) is 30.4 Å². The Morgan fingerprint density at radius 3 is 2.62 bits per heavy atom. The third-order valence-electron chi connectivity index (χ3n) is 3.74. The molecule has 21 heavy (non-hydrogen) atoms. The van der Waals surface area contributed by atoms with Gasteiger partial charge in [0.25, 0.3) is 11.5 Å². The number of nitrogens with zero attached hydrogens (tertiary/aromatic N) is 2. The molecule has 1 aromatic heterocycles. The number of amides is 1. The van der Waals surface area contributed by atoms with Crippen molar-refractivity contribution >= 4 is 5.91 Å². The van der Waals surface area contributed by atoms with Crippen LogP contribution in [0.3, 0.4) is 0 Å². The van der Waals surface area contributed by atoms with Gasteiger partial charge in [-0.2, -0.15) is 0 Å². The maximum absolute atomic E-state index is 12.6. The number of H-pyrrole nitrogens is 1. The van der Waals surface area contributed by atoms with E-state index in [9.17, 15) is 9.59 Å². The molecule has 1 heterocycles. The number of hydrogen-bond donors (Lipinski definition) is 2. The molecule has 1 saturated carbocycles. The van der Waals surface area contributed by atoms with Gasteiger partial charge in [-0.1, -0.05) is 0 Å². The van der Waals surface area contributed by atoms with Crippen molar-refractivity contribution in [1.29, 1.82) is 0 Å². The Labute approximate surface area is 124 Å². The number of aryl methyl sites for hydroxylation is 1. The van der Waals surface area contributed by atoms with Gasteiger partial charge < -0.3 is 15.0 Å². The van der Waals surface area contributed by atoms with Crippen LogP contribution in [0.1, 0.15) is 60.9 Å². The van der Waals surface area contributed by atoms with Gasteiger partial charge >= 0.3 is 0 Å². The Morgan fingerprint density at radius 1 is 1.48 bits per heavy atom. The highest BCUT2D eigenvalue weighted by molar-refractivity contribution is 5.95. The number of aliphatic hydroxyl groups is 1. The zero-order valence-corrected chi connectivity index (χ0v) is 12.8. The summed E-state index contributed by atoms with van der Waals surface area (Å²) in [6.45, 7) is 5.94. The van der Waals surface area contributed by atoms with Gasteiger partial charge in [0.2, 0.25) is 0 Å². The fourth-order valence-corrected chi connectivity index (χ4v) is 2.39. The summed E-state index contributed by atoms with van der Waals surface area (Å²) >= 11 is 0. The van der Waals surface area contributed by atoms with E-state index in [2.05, 4.69) is 9.97 Å². The molecule has 0 radical (unpaired) electrons. The van der Waals surface area contributed by atoms with E-state index in [1.54, 1.807) is 11.8 Å². The summed E-state index contributed by atoms with van der Waals surface area (Å²) in [5.74, 6) is 0.726. The van der Waals surface area contributed by atoms with Crippen molar-refractivity contribution < 1.29 is 9.90 Å². The van der Waals surface area contributed by atoms with Crippen LogP contribution >= 0.6 is 0 Å². The molecule has 1 aliphatic rings. The molecule has 2 rings (SSSR count). The molecule has 1 aliphatic carbocycles. The second-order valence-corrected chi connectivity index (χ2v) is 5.86. The van der Waals surface area contributed by atoms with Crippen LogP contribution in [0, 0.1) is 6.92 Å². The van der Waals surface area contributed by atoms with Crippen molar-refractivity contribution in [3.63, 3.8) is 0 Å². The lowest BCUT2D eigenvalue weighted by Crippen LogP contribution is -2.41. The van der Waals surface area contributed by atoms with Gasteiger partial charge in [-0.25, -0.2) is 4.98 Å². The van der Waals surface area contributed by atoms with Crippen molar-refractivity contribution in [2.45, 2.75) is 52.0 Å². The summed E-state index contributed by atoms with van der Waals surface area (Å²) in [5.41, 5.74) is 0.246. The monoisotopic (exact) mass is 293 g/mol. The summed E-state index contributed by atoms with van der Waals surface area (Å²) < 4.78 is 0. The zero-order valence-electron chi connectivity index (χ0n) is 12.8. The average molecular weight is 293 g/mol. The lowest BCUT2D eigenvalue weighted by Gasteiger charge is -2.26. The quantitative estimate of drug-likeness (QED) is 0.825. The van der Waals surface area contributed by atoms with Gasteiger partial charge in [0.15, 0.2) is 0 Å². The Balaban J connectivity index is 2.30. The van der Waals surface area contributed by atoms with Crippen molar-refractivity contribution in [2.24, 2.45) is 0 Å². The maximum Gasteiger partial charge on any atom is 0.264 e. The fourth-order valence-electron chi connectivity index (χ4n) is 2.39. The molecule has 1 aromatic rings. The van der Waals surface area contributed by atoms with Gasteiger partial charge in [0.1, 0.15) is 11.4 Å². The molecule has 116 valence electrons. The van der Waals surface area contributed by atoms with E-state index in [4.69, 9.17) is 5.11 Å². The van der Waals surface area contributed by atoms with E-state index >= 15 is 0 Å². The predicted molar refractivity (Wildman–Crippen MR) is 79.4 cm³/mol. The second kappa shape index (κ2) is 6.39. The molecule has 0 saturated heterocycles. The summed E-state index contributed by atoms with van der Waals surface area (Å²) in [6.07, 6.45) is 2.59. The molecule has 6 heteroatoms. The molecule has 6 nitrogen and oxygen atoms in total. The second-order valence-electron chi connectivity index (χ2n) is 5.86. The van der Waals surface area contributed by atoms with E-state index in [1.165, 1.54) is 0 Å².